The average Bonchev–Trinajstić information content (AvgIpc) is 3.77. The summed E-state index contributed by atoms with van der Waals surface area (Å²) in [6.07, 6.45) is 5.03. The zero-order chi connectivity index (χ0) is 28.5. The van der Waals surface area contributed by atoms with Gasteiger partial charge in [0.2, 0.25) is 5.79 Å². The third-order valence-corrected chi connectivity index (χ3v) is 9.27. The Morgan fingerprint density at radius 2 is 1.79 bits per heavy atom. The zero-order valence-electron chi connectivity index (χ0n) is 22.7. The van der Waals surface area contributed by atoms with E-state index in [1.54, 1.807) is 36.0 Å². The number of anilines is 2. The number of fused-ring (bicyclic) bond motifs is 1. The molecule has 0 saturated carbocycles. The molecule has 8 nitrogen and oxygen atoms in total. The van der Waals surface area contributed by atoms with E-state index in [0.29, 0.717) is 29.8 Å². The summed E-state index contributed by atoms with van der Waals surface area (Å²) in [5, 5.41) is 2.14. The van der Waals surface area contributed by atoms with E-state index in [9.17, 15) is 0 Å². The summed E-state index contributed by atoms with van der Waals surface area (Å²) in [4.78, 5) is 13.8. The molecule has 2 aromatic heterocycles. The van der Waals surface area contributed by atoms with Crippen molar-refractivity contribution in [2.75, 3.05) is 49.2 Å². The predicted molar refractivity (Wildman–Crippen MR) is 167 cm³/mol. The van der Waals surface area contributed by atoms with Crippen molar-refractivity contribution in [2.24, 2.45) is 0 Å². The molecular weight excluding hydrogens is 593 g/mol. The van der Waals surface area contributed by atoms with E-state index >= 15 is 0 Å². The van der Waals surface area contributed by atoms with Crippen molar-refractivity contribution in [3.05, 3.63) is 101 Å². The maximum Gasteiger partial charge on any atom is 0.215 e. The molecule has 0 N–H and O–H groups in total. The molecule has 0 amide bonds. The molecule has 2 saturated heterocycles. The van der Waals surface area contributed by atoms with Gasteiger partial charge in [0.05, 0.1) is 34.7 Å². The van der Waals surface area contributed by atoms with Gasteiger partial charge in [0, 0.05) is 54.8 Å². The number of ether oxygens (including phenoxy) is 3. The number of hydrogen-bond acceptors (Lipinski definition) is 8. The van der Waals surface area contributed by atoms with Crippen molar-refractivity contribution in [2.45, 2.75) is 18.4 Å². The number of thiazole rings is 1. The Balaban J connectivity index is 0.959. The Bertz CT molecular complexity index is 1620. The highest BCUT2D eigenvalue weighted by molar-refractivity contribution is 7.22. The molecule has 3 aromatic carbocycles. The minimum Gasteiger partial charge on any atom is -0.491 e. The van der Waals surface area contributed by atoms with Crippen LogP contribution in [0.15, 0.2) is 85.5 Å². The van der Waals surface area contributed by atoms with Crippen LogP contribution in [0, 0.1) is 0 Å². The quantitative estimate of drug-likeness (QED) is 0.197. The minimum absolute atomic E-state index is 0.282. The van der Waals surface area contributed by atoms with Gasteiger partial charge < -0.3 is 28.6 Å². The van der Waals surface area contributed by atoms with Crippen molar-refractivity contribution in [1.82, 2.24) is 14.5 Å². The second kappa shape index (κ2) is 11.7. The van der Waals surface area contributed by atoms with Crippen molar-refractivity contribution < 1.29 is 14.2 Å². The highest BCUT2D eigenvalue weighted by Crippen LogP contribution is 2.40. The predicted octanol–water partition coefficient (Wildman–Crippen LogP) is 6.47. The topological polar surface area (TPSA) is 64.9 Å². The normalized spacial score (nSPS) is 20.9. The molecule has 216 valence electrons. The first-order chi connectivity index (χ1) is 20.5. The molecule has 0 aliphatic carbocycles. The second-order valence-electron chi connectivity index (χ2n) is 10.4. The average molecular weight is 623 g/mol. The molecule has 2 aliphatic heterocycles. The van der Waals surface area contributed by atoms with E-state index < -0.39 is 5.79 Å². The van der Waals surface area contributed by atoms with Crippen LogP contribution in [0.5, 0.6) is 5.75 Å². The molecule has 0 spiro atoms. The number of rotatable bonds is 8. The van der Waals surface area contributed by atoms with Gasteiger partial charge in [-0.15, -0.1) is 0 Å². The van der Waals surface area contributed by atoms with E-state index in [2.05, 4.69) is 45.1 Å². The van der Waals surface area contributed by atoms with Gasteiger partial charge in [-0.25, -0.2) is 9.97 Å². The first kappa shape index (κ1) is 27.5. The molecule has 4 heterocycles. The van der Waals surface area contributed by atoms with Gasteiger partial charge in [0.1, 0.15) is 18.5 Å². The fraction of sp³-hybridized carbons (Fsp3) is 0.290. The Morgan fingerprint density at radius 1 is 0.976 bits per heavy atom. The van der Waals surface area contributed by atoms with Gasteiger partial charge >= 0.3 is 0 Å². The van der Waals surface area contributed by atoms with Crippen LogP contribution in [0.4, 0.5) is 10.8 Å². The van der Waals surface area contributed by atoms with Crippen LogP contribution in [-0.4, -0.2) is 60.0 Å². The minimum atomic E-state index is -1.08. The summed E-state index contributed by atoms with van der Waals surface area (Å²) >= 11 is 14.5. The zero-order valence-corrected chi connectivity index (χ0v) is 25.1. The fourth-order valence-electron chi connectivity index (χ4n) is 5.47. The van der Waals surface area contributed by atoms with Crippen LogP contribution >= 0.6 is 34.5 Å². The standard InChI is InChI=1S/C31H29Cl2N5O3S/c32-22-5-10-26(27(33)17-22)31(20-36-12-11-34-21-36)40-19-25(41-31)18-39-24-8-6-23(7-9-24)37-13-15-38(16-14-37)30-35-28-3-1-2-4-29(28)42-30/h1-12,17,21,25H,13-16,18-20H2. The maximum atomic E-state index is 6.58. The summed E-state index contributed by atoms with van der Waals surface area (Å²) in [7, 11) is 0. The number of nitrogens with zero attached hydrogens (tertiary/aromatic N) is 5. The third kappa shape index (κ3) is 5.67. The van der Waals surface area contributed by atoms with Crippen molar-refractivity contribution in [1.29, 1.82) is 0 Å². The van der Waals surface area contributed by atoms with Gasteiger partial charge in [-0.05, 0) is 48.5 Å². The molecule has 7 rings (SSSR count). The maximum absolute atomic E-state index is 6.58. The van der Waals surface area contributed by atoms with Gasteiger partial charge in [-0.1, -0.05) is 52.7 Å². The molecule has 2 aliphatic rings. The van der Waals surface area contributed by atoms with E-state index in [4.69, 9.17) is 42.4 Å². The lowest BCUT2D eigenvalue weighted by Crippen LogP contribution is -2.46. The smallest absolute Gasteiger partial charge is 0.215 e. The van der Waals surface area contributed by atoms with Gasteiger partial charge in [-0.3, -0.25) is 0 Å². The van der Waals surface area contributed by atoms with E-state index in [1.807, 2.05) is 35.0 Å². The molecule has 0 radical (unpaired) electrons. The molecule has 2 unspecified atom stereocenters. The van der Waals surface area contributed by atoms with E-state index in [1.165, 1.54) is 10.4 Å². The number of para-hydroxylation sites is 1. The third-order valence-electron chi connectivity index (χ3n) is 7.62. The highest BCUT2D eigenvalue weighted by atomic mass is 35.5. The largest absolute Gasteiger partial charge is 0.491 e. The fourth-order valence-corrected chi connectivity index (χ4v) is 7.04. The van der Waals surface area contributed by atoms with Gasteiger partial charge in [0.15, 0.2) is 5.13 Å². The first-order valence-electron chi connectivity index (χ1n) is 13.9. The Labute approximate surface area is 258 Å². The lowest BCUT2D eigenvalue weighted by molar-refractivity contribution is -0.189. The summed E-state index contributed by atoms with van der Waals surface area (Å²) < 4.78 is 22.1. The first-order valence-corrected chi connectivity index (χ1v) is 15.4. The number of imidazole rings is 1. The van der Waals surface area contributed by atoms with Crippen LogP contribution < -0.4 is 14.5 Å². The Kier molecular flexibility index (Phi) is 7.68. The van der Waals surface area contributed by atoms with Crippen molar-refractivity contribution in [3.8, 4) is 5.75 Å². The van der Waals surface area contributed by atoms with Crippen LogP contribution in [0.1, 0.15) is 5.56 Å². The van der Waals surface area contributed by atoms with Crippen LogP contribution in [0.3, 0.4) is 0 Å². The monoisotopic (exact) mass is 621 g/mol. The summed E-state index contributed by atoms with van der Waals surface area (Å²) in [6.45, 7) is 4.86. The summed E-state index contributed by atoms with van der Waals surface area (Å²) in [5.74, 6) is -0.291. The summed E-state index contributed by atoms with van der Waals surface area (Å²) in [6, 6.07) is 21.9. The number of hydrogen-bond donors (Lipinski definition) is 0. The number of benzene rings is 3. The molecule has 0 bridgehead atoms. The second-order valence-corrected chi connectivity index (χ2v) is 12.3. The Hall–Kier alpha value is -3.34. The van der Waals surface area contributed by atoms with E-state index in [-0.39, 0.29) is 6.10 Å². The van der Waals surface area contributed by atoms with Crippen molar-refractivity contribution >= 4 is 55.6 Å². The molecule has 11 heteroatoms. The molecule has 42 heavy (non-hydrogen) atoms. The highest BCUT2D eigenvalue weighted by Gasteiger charge is 2.45. The Morgan fingerprint density at radius 3 is 2.55 bits per heavy atom. The van der Waals surface area contributed by atoms with Crippen molar-refractivity contribution in [3.63, 3.8) is 0 Å². The lowest BCUT2D eigenvalue weighted by Gasteiger charge is -2.36. The van der Waals surface area contributed by atoms with E-state index in [0.717, 1.165) is 48.1 Å². The number of halogens is 2. The number of piperazine rings is 1. The van der Waals surface area contributed by atoms with Crippen LogP contribution in [0.25, 0.3) is 10.2 Å². The SMILES string of the molecule is Clc1ccc(C2(Cn3ccnc3)OCC(COc3ccc(N4CCN(c5nc6ccccc6s5)CC4)cc3)O2)c(Cl)c1. The molecule has 2 fully saturated rings. The van der Waals surface area contributed by atoms with Gasteiger partial charge in [0.25, 0.3) is 0 Å². The molecular formula is C31H29Cl2N5O3S. The van der Waals surface area contributed by atoms with Crippen LogP contribution in [-0.2, 0) is 21.8 Å². The summed E-state index contributed by atoms with van der Waals surface area (Å²) in [5.41, 5.74) is 2.98. The van der Waals surface area contributed by atoms with Gasteiger partial charge in [-0.2, -0.15) is 0 Å². The molecule has 5 aromatic rings. The van der Waals surface area contributed by atoms with Crippen LogP contribution in [0.2, 0.25) is 10.0 Å². The number of aromatic nitrogens is 3. The lowest BCUT2D eigenvalue weighted by atomic mass is 10.1. The molecule has 2 atom stereocenters.